The fraction of sp³-hybridized carbons (Fsp3) is 0.441. The molecule has 1 aliphatic carbocycles. The summed E-state index contributed by atoms with van der Waals surface area (Å²) in [7, 11) is 0. The van der Waals surface area contributed by atoms with E-state index in [0.717, 1.165) is 45.2 Å². The van der Waals surface area contributed by atoms with Crippen molar-refractivity contribution in [3.8, 4) is 35.4 Å². The standard InChI is InChI=1S/C34H32F2N4O4/c1-3-23-25(36)8-7-20-13-22(41)14-24(27(20)23)30-18(2)29-28(32(42)44-30)31(40-12-9-26(40)19-5-6-19)38-33(37-29)43-17-34-10-4-11-39(34)16-21(35)15-34/h1,7-8,13-14,19,21,26,41H,4-6,9-12,15-17H2,2H3/t21-,26+,34+/m1/s1. The zero-order chi connectivity index (χ0) is 30.3. The molecule has 8 rings (SSSR count). The highest BCUT2D eigenvalue weighted by Gasteiger charge is 2.49. The average molecular weight is 599 g/mol. The molecule has 1 saturated carbocycles. The third kappa shape index (κ3) is 4.16. The van der Waals surface area contributed by atoms with Crippen molar-refractivity contribution in [1.82, 2.24) is 14.9 Å². The normalized spacial score (nSPS) is 24.9. The van der Waals surface area contributed by atoms with E-state index in [4.69, 9.17) is 25.5 Å². The molecule has 5 heterocycles. The number of benzene rings is 2. The van der Waals surface area contributed by atoms with Gasteiger partial charge in [0, 0.05) is 42.1 Å². The zero-order valence-electron chi connectivity index (χ0n) is 24.4. The molecule has 3 saturated heterocycles. The maximum absolute atomic E-state index is 14.9. The van der Waals surface area contributed by atoms with Crippen LogP contribution in [0.5, 0.6) is 11.8 Å². The van der Waals surface area contributed by atoms with Crippen molar-refractivity contribution in [3.05, 3.63) is 51.6 Å². The van der Waals surface area contributed by atoms with Crippen molar-refractivity contribution in [3.63, 3.8) is 0 Å². The number of phenolic OH excluding ortho intramolecular Hbond substituents is 1. The van der Waals surface area contributed by atoms with Gasteiger partial charge in [-0.2, -0.15) is 9.97 Å². The van der Waals surface area contributed by atoms with E-state index in [1.54, 1.807) is 6.92 Å². The molecule has 2 aromatic carbocycles. The lowest BCUT2D eigenvalue weighted by Gasteiger charge is -2.42. The summed E-state index contributed by atoms with van der Waals surface area (Å²) in [6.07, 6.45) is 10.4. The summed E-state index contributed by atoms with van der Waals surface area (Å²) < 4.78 is 41.6. The van der Waals surface area contributed by atoms with Crippen LogP contribution in [0.2, 0.25) is 0 Å². The molecule has 0 spiro atoms. The van der Waals surface area contributed by atoms with E-state index in [1.165, 1.54) is 24.3 Å². The number of hydrogen-bond donors (Lipinski definition) is 1. The number of aryl methyl sites for hydroxylation is 1. The first-order chi connectivity index (χ1) is 21.3. The highest BCUT2D eigenvalue weighted by Crippen LogP contribution is 2.45. The molecule has 8 nitrogen and oxygen atoms in total. The Morgan fingerprint density at radius 3 is 2.80 bits per heavy atom. The second-order valence-electron chi connectivity index (χ2n) is 12.8. The zero-order valence-corrected chi connectivity index (χ0v) is 24.4. The van der Waals surface area contributed by atoms with Gasteiger partial charge in [-0.3, -0.25) is 4.90 Å². The third-order valence-electron chi connectivity index (χ3n) is 10.1. The van der Waals surface area contributed by atoms with Crippen LogP contribution in [-0.4, -0.2) is 64.0 Å². The molecule has 4 aromatic rings. The van der Waals surface area contributed by atoms with E-state index in [9.17, 15) is 18.7 Å². The molecule has 10 heteroatoms. The van der Waals surface area contributed by atoms with Crippen LogP contribution >= 0.6 is 0 Å². The van der Waals surface area contributed by atoms with E-state index in [2.05, 4.69) is 15.7 Å². The number of rotatable bonds is 6. The molecular weight excluding hydrogens is 566 g/mol. The van der Waals surface area contributed by atoms with Crippen molar-refractivity contribution >= 4 is 27.5 Å². The number of fused-ring (bicyclic) bond motifs is 3. The number of alkyl halides is 1. The fourth-order valence-corrected chi connectivity index (χ4v) is 7.78. The predicted octanol–water partition coefficient (Wildman–Crippen LogP) is 5.48. The summed E-state index contributed by atoms with van der Waals surface area (Å²) in [6, 6.07) is 6.07. The number of phenols is 1. The Hall–Kier alpha value is -4.23. The Balaban J connectivity index is 1.31. The van der Waals surface area contributed by atoms with Gasteiger partial charge in [-0.25, -0.2) is 13.6 Å². The molecule has 2 aromatic heterocycles. The number of aromatic nitrogens is 2. The number of anilines is 1. The van der Waals surface area contributed by atoms with Gasteiger partial charge in [-0.1, -0.05) is 12.0 Å². The SMILES string of the molecule is C#Cc1c(F)ccc2cc(O)cc(-c3oc(=O)c4c(N5CC[C@H]5C5CC5)nc(OC[C@@]56CCCN5C[C@H](F)C6)nc4c3C)c12. The quantitative estimate of drug-likeness (QED) is 0.292. The number of hydrogen-bond acceptors (Lipinski definition) is 8. The van der Waals surface area contributed by atoms with Gasteiger partial charge in [0.25, 0.3) is 0 Å². The highest BCUT2D eigenvalue weighted by molar-refractivity contribution is 6.03. The molecule has 44 heavy (non-hydrogen) atoms. The Morgan fingerprint density at radius 1 is 1.20 bits per heavy atom. The molecule has 0 amide bonds. The monoisotopic (exact) mass is 598 g/mol. The van der Waals surface area contributed by atoms with Crippen molar-refractivity contribution in [2.45, 2.75) is 63.2 Å². The lowest BCUT2D eigenvalue weighted by atomic mass is 9.94. The van der Waals surface area contributed by atoms with Gasteiger partial charge in [0.15, 0.2) is 5.82 Å². The maximum Gasteiger partial charge on any atom is 0.349 e. The smallest absolute Gasteiger partial charge is 0.349 e. The van der Waals surface area contributed by atoms with E-state index in [0.29, 0.717) is 46.6 Å². The van der Waals surface area contributed by atoms with Crippen molar-refractivity contribution < 1.29 is 23.0 Å². The number of terminal acetylenes is 1. The number of halogens is 2. The van der Waals surface area contributed by atoms with E-state index in [-0.39, 0.29) is 46.7 Å². The summed E-state index contributed by atoms with van der Waals surface area (Å²) >= 11 is 0. The van der Waals surface area contributed by atoms with Gasteiger partial charge in [0.2, 0.25) is 0 Å². The van der Waals surface area contributed by atoms with Gasteiger partial charge >= 0.3 is 11.6 Å². The molecule has 4 aliphatic rings. The maximum atomic E-state index is 14.9. The summed E-state index contributed by atoms with van der Waals surface area (Å²) in [4.78, 5) is 27.7. The Kier molecular flexibility index (Phi) is 6.14. The van der Waals surface area contributed by atoms with Crippen LogP contribution in [0, 0.1) is 31.0 Å². The Bertz CT molecular complexity index is 1950. The Morgan fingerprint density at radius 2 is 2.05 bits per heavy atom. The van der Waals surface area contributed by atoms with Gasteiger partial charge in [-0.15, -0.1) is 6.42 Å². The first-order valence-corrected chi connectivity index (χ1v) is 15.3. The van der Waals surface area contributed by atoms with Crippen molar-refractivity contribution in [2.75, 3.05) is 31.1 Å². The topological polar surface area (TPSA) is 91.9 Å². The van der Waals surface area contributed by atoms with Gasteiger partial charge in [0.05, 0.1) is 16.6 Å². The minimum atomic E-state index is -0.892. The lowest BCUT2D eigenvalue weighted by molar-refractivity contribution is 0.107. The van der Waals surface area contributed by atoms with Crippen LogP contribution in [-0.2, 0) is 0 Å². The van der Waals surface area contributed by atoms with E-state index < -0.39 is 23.2 Å². The summed E-state index contributed by atoms with van der Waals surface area (Å²) in [5.74, 6) is 2.89. The summed E-state index contributed by atoms with van der Waals surface area (Å²) in [5.41, 5.74) is 0.104. The third-order valence-corrected chi connectivity index (χ3v) is 10.1. The van der Waals surface area contributed by atoms with Crippen molar-refractivity contribution in [2.24, 2.45) is 5.92 Å². The summed E-state index contributed by atoms with van der Waals surface area (Å²) in [6.45, 7) is 4.01. The second kappa shape index (κ2) is 9.89. The number of nitrogens with zero attached hydrogens (tertiary/aromatic N) is 4. The minimum Gasteiger partial charge on any atom is -0.508 e. The number of aromatic hydroxyl groups is 1. The van der Waals surface area contributed by atoms with Gasteiger partial charge < -0.3 is 19.2 Å². The molecule has 3 aliphatic heterocycles. The molecule has 4 fully saturated rings. The van der Waals surface area contributed by atoms with Gasteiger partial charge in [0.1, 0.15) is 35.5 Å². The molecule has 3 atom stereocenters. The largest absolute Gasteiger partial charge is 0.508 e. The minimum absolute atomic E-state index is 0.00278. The molecule has 0 radical (unpaired) electrons. The molecule has 226 valence electrons. The van der Waals surface area contributed by atoms with Gasteiger partial charge in [-0.05, 0) is 75.1 Å². The second-order valence-corrected chi connectivity index (χ2v) is 12.8. The number of ether oxygens (including phenoxy) is 1. The van der Waals surface area contributed by atoms with Crippen molar-refractivity contribution in [1.29, 1.82) is 0 Å². The van der Waals surface area contributed by atoms with Crippen LogP contribution in [0.3, 0.4) is 0 Å². The van der Waals surface area contributed by atoms with E-state index >= 15 is 0 Å². The summed E-state index contributed by atoms with van der Waals surface area (Å²) in [5, 5.41) is 11.7. The first-order valence-electron chi connectivity index (χ1n) is 15.3. The van der Waals surface area contributed by atoms with E-state index in [1.807, 2.05) is 0 Å². The highest BCUT2D eigenvalue weighted by atomic mass is 19.1. The fourth-order valence-electron chi connectivity index (χ4n) is 7.78. The molecule has 1 N–H and O–H groups in total. The molecule has 0 bridgehead atoms. The predicted molar refractivity (Wildman–Crippen MR) is 162 cm³/mol. The first kappa shape index (κ1) is 27.3. The van der Waals surface area contributed by atoms with Crippen LogP contribution in [0.1, 0.15) is 49.7 Å². The van der Waals surface area contributed by atoms with Crippen LogP contribution < -0.4 is 15.3 Å². The molecule has 0 unspecified atom stereocenters. The van der Waals surface area contributed by atoms with Crippen LogP contribution in [0.4, 0.5) is 14.6 Å². The average Bonchev–Trinajstić information content (AvgIpc) is 3.64. The molecular formula is C34H32F2N4O4. The van der Waals surface area contributed by atoms with Crippen LogP contribution in [0.15, 0.2) is 33.5 Å². The Labute approximate surface area is 252 Å². The lowest BCUT2D eigenvalue weighted by Crippen LogP contribution is -2.50. The van der Waals surface area contributed by atoms with Crippen LogP contribution in [0.25, 0.3) is 33.0 Å².